The van der Waals surface area contributed by atoms with Crippen molar-refractivity contribution >= 4 is 33.9 Å². The van der Waals surface area contributed by atoms with Crippen molar-refractivity contribution in [2.75, 3.05) is 51.8 Å². The highest BCUT2D eigenvalue weighted by atomic mass is 32.1. The van der Waals surface area contributed by atoms with Crippen molar-refractivity contribution in [1.82, 2.24) is 14.8 Å². The van der Waals surface area contributed by atoms with E-state index >= 15 is 0 Å². The van der Waals surface area contributed by atoms with Crippen molar-refractivity contribution in [3.8, 4) is 5.75 Å². The first-order valence-electron chi connectivity index (χ1n) is 12.1. The van der Waals surface area contributed by atoms with Crippen LogP contribution in [0.1, 0.15) is 23.1 Å². The maximum atomic E-state index is 13.0. The van der Waals surface area contributed by atoms with Crippen LogP contribution < -0.4 is 15.6 Å². The predicted octanol–water partition coefficient (Wildman–Crippen LogP) is 4.07. The van der Waals surface area contributed by atoms with Gasteiger partial charge in [0.2, 0.25) is 0 Å². The Morgan fingerprint density at radius 3 is 2.57 bits per heavy atom. The van der Waals surface area contributed by atoms with E-state index < -0.39 is 0 Å². The molecule has 0 saturated carbocycles. The Labute approximate surface area is 212 Å². The molecule has 4 rings (SSSR count). The van der Waals surface area contributed by atoms with Crippen molar-refractivity contribution in [2.24, 2.45) is 0 Å². The minimum Gasteiger partial charge on any atom is -0.497 e. The van der Waals surface area contributed by atoms with Gasteiger partial charge in [0, 0.05) is 42.8 Å². The van der Waals surface area contributed by atoms with Gasteiger partial charge in [-0.1, -0.05) is 12.1 Å². The molecule has 8 heteroatoms. The summed E-state index contributed by atoms with van der Waals surface area (Å²) in [5.74, 6) is 0.789. The van der Waals surface area contributed by atoms with Gasteiger partial charge in [0.15, 0.2) is 5.11 Å². The molecule has 2 N–H and O–H groups in total. The lowest BCUT2D eigenvalue weighted by Crippen LogP contribution is -2.40. The van der Waals surface area contributed by atoms with E-state index in [1.165, 1.54) is 0 Å². The van der Waals surface area contributed by atoms with Crippen LogP contribution in [0, 0.1) is 13.8 Å². The van der Waals surface area contributed by atoms with Gasteiger partial charge in [-0.05, 0) is 73.9 Å². The van der Waals surface area contributed by atoms with Gasteiger partial charge in [0.1, 0.15) is 5.75 Å². The molecule has 7 nitrogen and oxygen atoms in total. The van der Waals surface area contributed by atoms with E-state index in [0.29, 0.717) is 17.2 Å². The number of ether oxygens (including phenoxy) is 2. The number of hydrogen-bond acceptors (Lipinski definition) is 5. The second-order valence-electron chi connectivity index (χ2n) is 9.00. The van der Waals surface area contributed by atoms with Crippen LogP contribution in [0.5, 0.6) is 5.75 Å². The van der Waals surface area contributed by atoms with E-state index in [1.54, 1.807) is 7.11 Å². The van der Waals surface area contributed by atoms with Crippen LogP contribution in [0.25, 0.3) is 10.9 Å². The lowest BCUT2D eigenvalue weighted by atomic mass is 10.0. The van der Waals surface area contributed by atoms with E-state index in [4.69, 9.17) is 21.7 Å². The number of H-pyrrole nitrogens is 1. The fourth-order valence-electron chi connectivity index (χ4n) is 4.38. The molecule has 0 unspecified atom stereocenters. The summed E-state index contributed by atoms with van der Waals surface area (Å²) in [5, 5.41) is 5.00. The molecule has 0 atom stereocenters. The Hall–Kier alpha value is -2.94. The van der Waals surface area contributed by atoms with Crippen LogP contribution >= 0.6 is 12.2 Å². The van der Waals surface area contributed by atoms with Gasteiger partial charge in [-0.2, -0.15) is 0 Å². The number of aromatic nitrogens is 1. The number of nitrogens with zero attached hydrogens (tertiary/aromatic N) is 2. The molecule has 35 heavy (non-hydrogen) atoms. The number of aryl methyl sites for hydroxylation is 2. The van der Waals surface area contributed by atoms with E-state index in [9.17, 15) is 4.79 Å². The molecular formula is C27H34N4O3S. The number of morpholine rings is 1. The Morgan fingerprint density at radius 1 is 1.14 bits per heavy atom. The average Bonchev–Trinajstić information content (AvgIpc) is 2.87. The van der Waals surface area contributed by atoms with Gasteiger partial charge in [0.05, 0.1) is 32.4 Å². The molecule has 0 spiro atoms. The third-order valence-corrected chi connectivity index (χ3v) is 6.88. The molecule has 1 aromatic heterocycles. The summed E-state index contributed by atoms with van der Waals surface area (Å²) in [7, 11) is 1.65. The minimum atomic E-state index is -0.0726. The van der Waals surface area contributed by atoms with Crippen LogP contribution in [0.15, 0.2) is 47.3 Å². The lowest BCUT2D eigenvalue weighted by Gasteiger charge is -2.29. The number of anilines is 1. The molecule has 0 aliphatic carbocycles. The van der Waals surface area contributed by atoms with Crippen LogP contribution in [-0.4, -0.2) is 66.4 Å². The highest BCUT2D eigenvalue weighted by Gasteiger charge is 2.16. The van der Waals surface area contributed by atoms with Gasteiger partial charge >= 0.3 is 0 Å². The molecule has 1 saturated heterocycles. The monoisotopic (exact) mass is 494 g/mol. The smallest absolute Gasteiger partial charge is 0.253 e. The zero-order valence-electron chi connectivity index (χ0n) is 20.7. The summed E-state index contributed by atoms with van der Waals surface area (Å²) in [5.41, 5.74) is 4.62. The van der Waals surface area contributed by atoms with Crippen LogP contribution in [-0.2, 0) is 11.3 Å². The van der Waals surface area contributed by atoms with Gasteiger partial charge in [-0.15, -0.1) is 0 Å². The largest absolute Gasteiger partial charge is 0.497 e. The van der Waals surface area contributed by atoms with Crippen LogP contribution in [0.4, 0.5) is 5.69 Å². The summed E-state index contributed by atoms with van der Waals surface area (Å²) in [6, 6.07) is 13.8. The number of fused-ring (bicyclic) bond motifs is 1. The molecule has 1 fully saturated rings. The molecule has 2 aromatic carbocycles. The zero-order chi connectivity index (χ0) is 24.8. The maximum absolute atomic E-state index is 13.0. The summed E-state index contributed by atoms with van der Waals surface area (Å²) < 4.78 is 10.7. The average molecular weight is 495 g/mol. The Morgan fingerprint density at radius 2 is 1.86 bits per heavy atom. The van der Waals surface area contributed by atoms with Crippen molar-refractivity contribution in [3.63, 3.8) is 0 Å². The quantitative estimate of drug-likeness (QED) is 0.458. The third kappa shape index (κ3) is 6.39. The summed E-state index contributed by atoms with van der Waals surface area (Å²) >= 11 is 5.81. The Balaban J connectivity index is 1.54. The van der Waals surface area contributed by atoms with Gasteiger partial charge in [0.25, 0.3) is 5.56 Å². The summed E-state index contributed by atoms with van der Waals surface area (Å²) in [6.45, 7) is 9.71. The molecule has 1 aliphatic rings. The number of hydrogen-bond donors (Lipinski definition) is 2. The van der Waals surface area contributed by atoms with E-state index in [2.05, 4.69) is 33.1 Å². The Kier molecular flexibility index (Phi) is 8.38. The first-order valence-corrected chi connectivity index (χ1v) is 12.5. The zero-order valence-corrected chi connectivity index (χ0v) is 21.5. The number of methoxy groups -OCH3 is 1. The van der Waals surface area contributed by atoms with Crippen molar-refractivity contribution in [1.29, 1.82) is 0 Å². The van der Waals surface area contributed by atoms with E-state index in [1.807, 2.05) is 43.3 Å². The number of aromatic amines is 1. The molecule has 186 valence electrons. The minimum absolute atomic E-state index is 0.0726. The van der Waals surface area contributed by atoms with E-state index in [-0.39, 0.29) is 5.56 Å². The van der Waals surface area contributed by atoms with Crippen molar-refractivity contribution in [2.45, 2.75) is 26.8 Å². The molecule has 0 bridgehead atoms. The lowest BCUT2D eigenvalue weighted by molar-refractivity contribution is 0.0367. The molecular weight excluding hydrogens is 460 g/mol. The second kappa shape index (κ2) is 11.7. The topological polar surface area (TPSA) is 69.8 Å². The van der Waals surface area contributed by atoms with Crippen LogP contribution in [0.3, 0.4) is 0 Å². The molecule has 1 aliphatic heterocycles. The highest BCUT2D eigenvalue weighted by Crippen LogP contribution is 2.21. The van der Waals surface area contributed by atoms with Gasteiger partial charge in [-0.25, -0.2) is 0 Å². The highest BCUT2D eigenvalue weighted by molar-refractivity contribution is 7.80. The number of benzene rings is 2. The second-order valence-corrected chi connectivity index (χ2v) is 9.39. The molecule has 0 radical (unpaired) electrons. The number of thiocarbonyl (C=S) groups is 1. The first kappa shape index (κ1) is 25.2. The van der Waals surface area contributed by atoms with Gasteiger partial charge < -0.3 is 24.7 Å². The number of pyridine rings is 1. The maximum Gasteiger partial charge on any atom is 0.253 e. The van der Waals surface area contributed by atoms with Crippen LogP contribution in [0.2, 0.25) is 0 Å². The summed E-state index contributed by atoms with van der Waals surface area (Å²) in [4.78, 5) is 20.6. The third-order valence-electron chi connectivity index (χ3n) is 6.52. The standard InChI is InChI=1S/C27H34N4O3S/c1-19-5-6-20(2)25-24(19)17-21(26(32)29-25)18-31(12-4-11-30-13-15-34-16-14-30)27(35)28-22-7-9-23(33-3)10-8-22/h5-10,17H,4,11-16,18H2,1-3H3,(H,28,35)(H,29,32). The molecule has 3 aromatic rings. The molecule has 0 amide bonds. The first-order chi connectivity index (χ1) is 16.9. The molecule has 2 heterocycles. The fourth-order valence-corrected chi connectivity index (χ4v) is 4.65. The fraction of sp³-hybridized carbons (Fsp3) is 0.407. The number of nitrogens with one attached hydrogen (secondary N) is 2. The van der Waals surface area contributed by atoms with Gasteiger partial charge in [-0.3, -0.25) is 9.69 Å². The van der Waals surface area contributed by atoms with E-state index in [0.717, 1.165) is 79.3 Å². The SMILES string of the molecule is COc1ccc(NC(=S)N(CCCN2CCOCC2)Cc2cc3c(C)ccc(C)c3[nH]c2=O)cc1. The van der Waals surface area contributed by atoms with Crippen molar-refractivity contribution in [3.05, 3.63) is 69.5 Å². The normalized spacial score (nSPS) is 14.1. The summed E-state index contributed by atoms with van der Waals surface area (Å²) in [6.07, 6.45) is 0.939. The number of rotatable bonds is 8. The Bertz CT molecular complexity index is 1220. The van der Waals surface area contributed by atoms with Crippen molar-refractivity contribution < 1.29 is 9.47 Å². The predicted molar refractivity (Wildman–Crippen MR) is 146 cm³/mol.